The summed E-state index contributed by atoms with van der Waals surface area (Å²) in [5.41, 5.74) is 7.52. The van der Waals surface area contributed by atoms with E-state index in [-0.39, 0.29) is 4.88 Å². The maximum atomic E-state index is 11.3. The van der Waals surface area contributed by atoms with Crippen LogP contribution in [0.1, 0.15) is 28.6 Å². The van der Waals surface area contributed by atoms with Gasteiger partial charge >= 0.3 is 5.97 Å². The van der Waals surface area contributed by atoms with E-state index in [4.69, 9.17) is 5.73 Å². The maximum absolute atomic E-state index is 11.3. The third-order valence-corrected chi connectivity index (χ3v) is 5.01. The van der Waals surface area contributed by atoms with Gasteiger partial charge in [-0.2, -0.15) is 0 Å². The molecule has 7 heteroatoms. The van der Waals surface area contributed by atoms with Gasteiger partial charge in [-0.15, -0.1) is 11.3 Å². The zero-order valence-electron chi connectivity index (χ0n) is 12.6. The van der Waals surface area contributed by atoms with Crippen LogP contribution < -0.4 is 16.0 Å². The second-order valence-electron chi connectivity index (χ2n) is 5.46. The van der Waals surface area contributed by atoms with Crippen molar-refractivity contribution in [3.05, 3.63) is 16.5 Å². The van der Waals surface area contributed by atoms with E-state index in [1.165, 1.54) is 11.3 Å². The van der Waals surface area contributed by atoms with Crippen LogP contribution in [-0.2, 0) is 6.42 Å². The summed E-state index contributed by atoms with van der Waals surface area (Å²) in [6, 6.07) is 2.08. The van der Waals surface area contributed by atoms with E-state index in [1.54, 1.807) is 0 Å². The molecule has 2 aromatic heterocycles. The van der Waals surface area contributed by atoms with Crippen molar-refractivity contribution in [1.29, 1.82) is 0 Å². The number of anilines is 2. The van der Waals surface area contributed by atoms with Crippen molar-refractivity contribution in [2.45, 2.75) is 19.8 Å². The van der Waals surface area contributed by atoms with Crippen molar-refractivity contribution in [2.75, 3.05) is 36.8 Å². The fraction of sp³-hybridized carbons (Fsp3) is 0.467. The molecule has 4 N–H and O–H groups in total. The van der Waals surface area contributed by atoms with Crippen molar-refractivity contribution in [3.63, 3.8) is 0 Å². The van der Waals surface area contributed by atoms with Crippen LogP contribution in [0.3, 0.4) is 0 Å². The number of aryl methyl sites for hydroxylation is 1. The molecule has 6 nitrogen and oxygen atoms in total. The minimum Gasteiger partial charge on any atom is -0.477 e. The summed E-state index contributed by atoms with van der Waals surface area (Å²) < 4.78 is 0. The number of aromatic carboxylic acids is 1. The molecule has 0 atom stereocenters. The molecule has 1 saturated heterocycles. The van der Waals surface area contributed by atoms with Crippen LogP contribution in [0.4, 0.5) is 11.5 Å². The van der Waals surface area contributed by atoms with Gasteiger partial charge in [0, 0.05) is 31.6 Å². The summed E-state index contributed by atoms with van der Waals surface area (Å²) in [6.45, 7) is 5.82. The van der Waals surface area contributed by atoms with E-state index in [0.29, 0.717) is 5.69 Å². The molecule has 118 valence electrons. The Morgan fingerprint density at radius 2 is 2.23 bits per heavy atom. The Morgan fingerprint density at radius 3 is 2.86 bits per heavy atom. The number of nitrogen functional groups attached to an aromatic ring is 1. The molecular weight excluding hydrogens is 300 g/mol. The van der Waals surface area contributed by atoms with E-state index in [0.717, 1.165) is 60.6 Å². The second kappa shape index (κ2) is 6.10. The zero-order chi connectivity index (χ0) is 15.7. The number of pyridine rings is 1. The summed E-state index contributed by atoms with van der Waals surface area (Å²) in [6.07, 6.45) is 1.86. The van der Waals surface area contributed by atoms with Crippen LogP contribution >= 0.6 is 11.3 Å². The molecule has 1 fully saturated rings. The largest absolute Gasteiger partial charge is 0.477 e. The number of rotatable bonds is 4. The Kier molecular flexibility index (Phi) is 4.17. The number of thiophene rings is 1. The van der Waals surface area contributed by atoms with Gasteiger partial charge in [0.1, 0.15) is 15.5 Å². The van der Waals surface area contributed by atoms with E-state index < -0.39 is 5.97 Å². The molecule has 2 aromatic rings. The highest BCUT2D eigenvalue weighted by Crippen LogP contribution is 2.37. The average molecular weight is 320 g/mol. The van der Waals surface area contributed by atoms with Gasteiger partial charge in [0.15, 0.2) is 0 Å². The van der Waals surface area contributed by atoms with Gasteiger partial charge in [0.2, 0.25) is 0 Å². The maximum Gasteiger partial charge on any atom is 0.348 e. The third kappa shape index (κ3) is 2.62. The Morgan fingerprint density at radius 1 is 1.50 bits per heavy atom. The fourth-order valence-corrected chi connectivity index (χ4v) is 3.84. The molecular formula is C15H20N4O2S. The highest BCUT2D eigenvalue weighted by atomic mass is 32.1. The average Bonchev–Trinajstić information content (AvgIpc) is 2.86. The molecule has 0 spiro atoms. The predicted octanol–water partition coefficient (Wildman–Crippen LogP) is 1.94. The van der Waals surface area contributed by atoms with E-state index in [2.05, 4.69) is 28.2 Å². The molecule has 0 amide bonds. The van der Waals surface area contributed by atoms with Gasteiger partial charge in [0.05, 0.1) is 5.69 Å². The topological polar surface area (TPSA) is 91.5 Å². The Bertz CT molecular complexity index is 707. The SMILES string of the molecule is CCCc1cc(N2CCNCC2)nc2sc(C(=O)O)c(N)c12. The first-order valence-corrected chi connectivity index (χ1v) is 8.34. The third-order valence-electron chi connectivity index (χ3n) is 3.92. The number of carboxylic acid groups (broad SMARTS) is 1. The van der Waals surface area contributed by atoms with Gasteiger partial charge in [0.25, 0.3) is 0 Å². The van der Waals surface area contributed by atoms with Crippen LogP contribution in [0.5, 0.6) is 0 Å². The van der Waals surface area contributed by atoms with Gasteiger partial charge in [-0.1, -0.05) is 13.3 Å². The highest BCUT2D eigenvalue weighted by Gasteiger charge is 2.21. The molecule has 1 aliphatic rings. The number of aromatic nitrogens is 1. The highest BCUT2D eigenvalue weighted by molar-refractivity contribution is 7.21. The number of carboxylic acids is 1. The van der Waals surface area contributed by atoms with Crippen LogP contribution in [0, 0.1) is 0 Å². The quantitative estimate of drug-likeness (QED) is 0.797. The van der Waals surface area contributed by atoms with Gasteiger partial charge in [-0.25, -0.2) is 9.78 Å². The summed E-state index contributed by atoms with van der Waals surface area (Å²) in [5.74, 6) is -0.0534. The molecule has 0 radical (unpaired) electrons. The minimum atomic E-state index is -0.980. The first-order chi connectivity index (χ1) is 10.6. The number of fused-ring (bicyclic) bond motifs is 1. The predicted molar refractivity (Wildman–Crippen MR) is 90.1 cm³/mol. The first-order valence-electron chi connectivity index (χ1n) is 7.52. The molecule has 0 aliphatic carbocycles. The fourth-order valence-electron chi connectivity index (χ4n) is 2.87. The van der Waals surface area contributed by atoms with Gasteiger partial charge in [-0.3, -0.25) is 0 Å². The lowest BCUT2D eigenvalue weighted by Gasteiger charge is -2.28. The number of nitrogens with two attached hydrogens (primary N) is 1. The molecule has 0 aromatic carbocycles. The monoisotopic (exact) mass is 320 g/mol. The first kappa shape index (κ1) is 15.1. The molecule has 0 saturated carbocycles. The number of nitrogens with one attached hydrogen (secondary N) is 1. The van der Waals surface area contributed by atoms with Crippen molar-refractivity contribution >= 4 is 39.0 Å². The van der Waals surface area contributed by atoms with Crippen molar-refractivity contribution < 1.29 is 9.90 Å². The molecule has 0 unspecified atom stereocenters. The summed E-state index contributed by atoms with van der Waals surface area (Å²) in [7, 11) is 0. The summed E-state index contributed by atoms with van der Waals surface area (Å²) in [4.78, 5) is 19.2. The van der Waals surface area contributed by atoms with Crippen LogP contribution in [0.25, 0.3) is 10.2 Å². The molecule has 1 aliphatic heterocycles. The Hall–Kier alpha value is -1.86. The number of carbonyl (C=O) groups is 1. The van der Waals surface area contributed by atoms with E-state index in [1.807, 2.05) is 0 Å². The van der Waals surface area contributed by atoms with Crippen LogP contribution in [0.15, 0.2) is 6.07 Å². The number of piperazine rings is 1. The normalized spacial score (nSPS) is 15.4. The minimum absolute atomic E-state index is 0.192. The number of hydrogen-bond donors (Lipinski definition) is 3. The Labute approximate surface area is 132 Å². The summed E-state index contributed by atoms with van der Waals surface area (Å²) >= 11 is 1.17. The lowest BCUT2D eigenvalue weighted by atomic mass is 10.1. The number of nitrogens with zero attached hydrogens (tertiary/aromatic N) is 2. The van der Waals surface area contributed by atoms with Gasteiger partial charge in [-0.05, 0) is 18.1 Å². The number of hydrogen-bond acceptors (Lipinski definition) is 6. The lowest BCUT2D eigenvalue weighted by molar-refractivity contribution is 0.0703. The molecule has 3 heterocycles. The van der Waals surface area contributed by atoms with Crippen molar-refractivity contribution in [2.24, 2.45) is 0 Å². The molecule has 3 rings (SSSR count). The van der Waals surface area contributed by atoms with Gasteiger partial charge < -0.3 is 21.1 Å². The smallest absolute Gasteiger partial charge is 0.348 e. The lowest BCUT2D eigenvalue weighted by Crippen LogP contribution is -2.43. The zero-order valence-corrected chi connectivity index (χ0v) is 13.4. The second-order valence-corrected chi connectivity index (χ2v) is 6.46. The molecule has 22 heavy (non-hydrogen) atoms. The van der Waals surface area contributed by atoms with Crippen molar-refractivity contribution in [1.82, 2.24) is 10.3 Å². The standard InChI is InChI=1S/C15H20N4O2S/c1-2-3-9-8-10(19-6-4-17-5-7-19)18-14-11(9)12(16)13(22-14)15(20)21/h8,17H,2-7,16H2,1H3,(H,20,21). The van der Waals surface area contributed by atoms with Crippen molar-refractivity contribution in [3.8, 4) is 0 Å². The van der Waals surface area contributed by atoms with E-state index >= 15 is 0 Å². The van der Waals surface area contributed by atoms with Crippen LogP contribution in [-0.4, -0.2) is 42.2 Å². The Balaban J connectivity index is 2.14. The molecule has 0 bridgehead atoms. The van der Waals surface area contributed by atoms with Crippen LogP contribution in [0.2, 0.25) is 0 Å². The van der Waals surface area contributed by atoms with E-state index in [9.17, 15) is 9.90 Å². The summed E-state index contributed by atoms with van der Waals surface area (Å²) in [5, 5.41) is 13.4.